The van der Waals surface area contributed by atoms with Crippen LogP contribution in [0.25, 0.3) is 0 Å². The molecule has 0 radical (unpaired) electrons. The molecule has 1 amide bonds. The number of hydrogen-bond acceptors (Lipinski definition) is 6. The lowest BCUT2D eigenvalue weighted by atomic mass is 9.90. The smallest absolute Gasteiger partial charge is 0.264 e. The predicted molar refractivity (Wildman–Crippen MR) is 82.1 cm³/mol. The van der Waals surface area contributed by atoms with Crippen molar-refractivity contribution in [2.75, 3.05) is 26.3 Å². The quantitative estimate of drug-likeness (QED) is 0.675. The Morgan fingerprint density at radius 3 is 2.70 bits per heavy atom. The first-order valence-electron chi connectivity index (χ1n) is 7.21. The van der Waals surface area contributed by atoms with Gasteiger partial charge in [-0.25, -0.2) is 0 Å². The molecular formula is C16H12N2O4S. The maximum Gasteiger partial charge on any atom is 0.264 e. The second kappa shape index (κ2) is 5.36. The zero-order valence-electron chi connectivity index (χ0n) is 12.1. The Morgan fingerprint density at radius 1 is 1.13 bits per heavy atom. The number of nitrogens with zero attached hydrogens (tertiary/aromatic N) is 2. The topological polar surface area (TPSA) is 76.6 Å². The average molecular weight is 328 g/mol. The van der Waals surface area contributed by atoms with E-state index in [1.54, 1.807) is 11.0 Å². The second-order valence-electron chi connectivity index (χ2n) is 5.34. The van der Waals surface area contributed by atoms with Gasteiger partial charge in [-0.1, -0.05) is 0 Å². The molecule has 1 fully saturated rings. The summed E-state index contributed by atoms with van der Waals surface area (Å²) in [7, 11) is 0. The number of fused-ring (bicyclic) bond motifs is 2. The highest BCUT2D eigenvalue weighted by Gasteiger charge is 2.34. The van der Waals surface area contributed by atoms with Crippen LogP contribution in [0, 0.1) is 0 Å². The summed E-state index contributed by atoms with van der Waals surface area (Å²) >= 11 is 1.09. The summed E-state index contributed by atoms with van der Waals surface area (Å²) in [5.74, 6) is -0.626. The fourth-order valence-electron chi connectivity index (χ4n) is 2.80. The number of thiophene rings is 1. The van der Waals surface area contributed by atoms with Crippen LogP contribution in [0.15, 0.2) is 24.5 Å². The van der Waals surface area contributed by atoms with Crippen LogP contribution in [0.1, 0.15) is 40.8 Å². The van der Waals surface area contributed by atoms with Gasteiger partial charge >= 0.3 is 0 Å². The van der Waals surface area contributed by atoms with Gasteiger partial charge in [-0.05, 0) is 12.1 Å². The van der Waals surface area contributed by atoms with Crippen LogP contribution in [0.3, 0.4) is 0 Å². The minimum absolute atomic E-state index is 0.157. The molecule has 2 aromatic heterocycles. The van der Waals surface area contributed by atoms with Crippen LogP contribution in [0.5, 0.6) is 0 Å². The Kier molecular flexibility index (Phi) is 3.32. The fraction of sp³-hybridized carbons (Fsp3) is 0.250. The molecule has 6 nitrogen and oxygen atoms in total. The van der Waals surface area contributed by atoms with Crippen LogP contribution in [0.2, 0.25) is 0 Å². The third kappa shape index (κ3) is 2.20. The van der Waals surface area contributed by atoms with Crippen molar-refractivity contribution in [3.8, 4) is 0 Å². The molecule has 7 heteroatoms. The molecule has 2 aliphatic rings. The molecule has 116 valence electrons. The van der Waals surface area contributed by atoms with Gasteiger partial charge in [-0.2, -0.15) is 0 Å². The highest BCUT2D eigenvalue weighted by Crippen LogP contribution is 2.33. The summed E-state index contributed by atoms with van der Waals surface area (Å²) in [6, 6.07) is 3.08. The van der Waals surface area contributed by atoms with E-state index in [2.05, 4.69) is 4.98 Å². The van der Waals surface area contributed by atoms with Crippen molar-refractivity contribution in [1.82, 2.24) is 9.88 Å². The average Bonchev–Trinajstić information content (AvgIpc) is 3.05. The number of rotatable bonds is 1. The Labute approximate surface area is 135 Å². The van der Waals surface area contributed by atoms with E-state index in [4.69, 9.17) is 4.74 Å². The number of amides is 1. The largest absolute Gasteiger partial charge is 0.378 e. The summed E-state index contributed by atoms with van der Waals surface area (Å²) < 4.78 is 5.24. The molecule has 0 saturated carbocycles. The Morgan fingerprint density at radius 2 is 1.91 bits per heavy atom. The van der Waals surface area contributed by atoms with Crippen LogP contribution >= 0.6 is 11.3 Å². The number of hydrogen-bond donors (Lipinski definition) is 0. The number of pyridine rings is 1. The van der Waals surface area contributed by atoms with Crippen molar-refractivity contribution in [1.29, 1.82) is 0 Å². The lowest BCUT2D eigenvalue weighted by molar-refractivity contribution is 0.0306. The molecule has 3 heterocycles. The number of aromatic nitrogens is 1. The number of carbonyl (C=O) groups is 3. The number of morpholine rings is 1. The molecule has 23 heavy (non-hydrogen) atoms. The minimum atomic E-state index is -0.250. The van der Waals surface area contributed by atoms with Crippen molar-refractivity contribution in [2.45, 2.75) is 0 Å². The molecule has 4 rings (SSSR count). The van der Waals surface area contributed by atoms with Crippen molar-refractivity contribution in [3.05, 3.63) is 51.0 Å². The maximum absolute atomic E-state index is 12.6. The SMILES string of the molecule is O=C1c2cnccc2C(=O)c2sc(C(=O)N3CCOCC3)cc21. The van der Waals surface area contributed by atoms with Gasteiger partial charge < -0.3 is 9.64 Å². The number of carbonyl (C=O) groups excluding carboxylic acids is 3. The van der Waals surface area contributed by atoms with E-state index >= 15 is 0 Å². The van der Waals surface area contributed by atoms with Gasteiger partial charge in [0.2, 0.25) is 5.78 Å². The number of ether oxygens (including phenoxy) is 1. The fourth-order valence-corrected chi connectivity index (χ4v) is 3.87. The van der Waals surface area contributed by atoms with Crippen molar-refractivity contribution >= 4 is 28.8 Å². The highest BCUT2D eigenvalue weighted by atomic mass is 32.1. The summed E-state index contributed by atoms with van der Waals surface area (Å²) in [5.41, 5.74) is 0.954. The molecule has 0 N–H and O–H groups in total. The summed E-state index contributed by atoms with van der Waals surface area (Å²) in [6.45, 7) is 2.05. The third-order valence-electron chi connectivity index (χ3n) is 4.00. The van der Waals surface area contributed by atoms with Crippen molar-refractivity contribution in [2.24, 2.45) is 0 Å². The Balaban J connectivity index is 1.73. The lowest BCUT2D eigenvalue weighted by Crippen LogP contribution is -2.40. The van der Waals surface area contributed by atoms with E-state index in [-0.39, 0.29) is 17.5 Å². The van der Waals surface area contributed by atoms with E-state index in [9.17, 15) is 14.4 Å². The highest BCUT2D eigenvalue weighted by molar-refractivity contribution is 7.16. The van der Waals surface area contributed by atoms with E-state index in [0.717, 1.165) is 11.3 Å². The van der Waals surface area contributed by atoms with Gasteiger partial charge in [0.05, 0.1) is 28.5 Å². The van der Waals surface area contributed by atoms with E-state index in [0.29, 0.717) is 52.7 Å². The normalized spacial score (nSPS) is 17.0. The summed E-state index contributed by atoms with van der Waals surface area (Å²) in [6.07, 6.45) is 2.89. The molecule has 2 aromatic rings. The number of ketones is 2. The molecule has 0 unspecified atom stereocenters. The molecule has 0 aromatic carbocycles. The molecular weight excluding hydrogens is 316 g/mol. The van der Waals surface area contributed by atoms with Crippen LogP contribution in [-0.2, 0) is 4.74 Å². The Bertz CT molecular complexity index is 784. The van der Waals surface area contributed by atoms with E-state index < -0.39 is 0 Å². The van der Waals surface area contributed by atoms with Gasteiger partial charge in [0.25, 0.3) is 5.91 Å². The van der Waals surface area contributed by atoms with Gasteiger partial charge in [0.1, 0.15) is 0 Å². The monoisotopic (exact) mass is 328 g/mol. The van der Waals surface area contributed by atoms with Gasteiger partial charge in [-0.15, -0.1) is 11.3 Å². The summed E-state index contributed by atoms with van der Waals surface area (Å²) in [4.78, 5) is 44.0. The first-order chi connectivity index (χ1) is 11.2. The molecule has 0 bridgehead atoms. The van der Waals surface area contributed by atoms with Crippen LogP contribution in [0.4, 0.5) is 0 Å². The molecule has 1 saturated heterocycles. The van der Waals surface area contributed by atoms with Crippen molar-refractivity contribution in [3.63, 3.8) is 0 Å². The predicted octanol–water partition coefficient (Wildman–Crippen LogP) is 1.39. The second-order valence-corrected chi connectivity index (χ2v) is 6.39. The summed E-state index contributed by atoms with van der Waals surface area (Å²) in [5, 5.41) is 0. The zero-order chi connectivity index (χ0) is 16.0. The van der Waals surface area contributed by atoms with Gasteiger partial charge in [0.15, 0.2) is 5.78 Å². The van der Waals surface area contributed by atoms with E-state index in [1.807, 2.05) is 0 Å². The lowest BCUT2D eigenvalue weighted by Gasteiger charge is -2.26. The molecule has 1 aliphatic carbocycles. The Hall–Kier alpha value is -2.38. The van der Waals surface area contributed by atoms with Gasteiger partial charge in [-0.3, -0.25) is 19.4 Å². The maximum atomic E-state index is 12.6. The van der Waals surface area contributed by atoms with Crippen LogP contribution < -0.4 is 0 Å². The van der Waals surface area contributed by atoms with E-state index in [1.165, 1.54) is 18.5 Å². The molecule has 0 spiro atoms. The molecule has 0 atom stereocenters. The van der Waals surface area contributed by atoms with Crippen molar-refractivity contribution < 1.29 is 19.1 Å². The minimum Gasteiger partial charge on any atom is -0.378 e. The molecule has 1 aliphatic heterocycles. The zero-order valence-corrected chi connectivity index (χ0v) is 12.9. The first kappa shape index (κ1) is 14.2. The standard InChI is InChI=1S/C16H12N2O4S/c19-13-10-7-12(16(21)18-3-5-22-6-4-18)23-15(10)14(20)9-1-2-17-8-11(9)13/h1-2,7-8H,3-6H2. The van der Waals surface area contributed by atoms with Gasteiger partial charge in [0, 0.05) is 36.6 Å². The first-order valence-corrected chi connectivity index (χ1v) is 8.02. The van der Waals surface area contributed by atoms with Crippen LogP contribution in [-0.4, -0.2) is 53.7 Å². The third-order valence-corrected chi connectivity index (χ3v) is 5.12.